The molecule has 1 aromatic heterocycles. The van der Waals surface area contributed by atoms with Gasteiger partial charge in [0.05, 0.1) is 6.54 Å². The number of aromatic nitrogens is 3. The van der Waals surface area contributed by atoms with Gasteiger partial charge in [0.15, 0.2) is 5.16 Å². The molecule has 3 atom stereocenters. The first-order valence-corrected chi connectivity index (χ1v) is 11.7. The maximum Gasteiger partial charge on any atom is 0.234 e. The molecule has 0 radical (unpaired) electrons. The molecule has 6 nitrogen and oxygen atoms in total. The average Bonchev–Trinajstić information content (AvgIpc) is 3.07. The van der Waals surface area contributed by atoms with Gasteiger partial charge in [-0.15, -0.1) is 10.2 Å². The van der Waals surface area contributed by atoms with Crippen LogP contribution in [0.3, 0.4) is 0 Å². The Morgan fingerprint density at radius 3 is 2.74 bits per heavy atom. The van der Waals surface area contributed by atoms with E-state index in [0.29, 0.717) is 24.4 Å². The molecule has 1 amide bonds. The van der Waals surface area contributed by atoms with Crippen molar-refractivity contribution in [1.82, 2.24) is 25.0 Å². The number of amides is 1. The zero-order valence-corrected chi connectivity index (χ0v) is 17.9. The average molecular weight is 394 g/mol. The maximum absolute atomic E-state index is 12.6. The van der Waals surface area contributed by atoms with Crippen molar-refractivity contribution in [2.45, 2.75) is 83.0 Å². The van der Waals surface area contributed by atoms with Gasteiger partial charge in [0.25, 0.3) is 0 Å². The predicted octanol–water partition coefficient (Wildman–Crippen LogP) is 3.28. The first kappa shape index (κ1) is 20.6. The monoisotopic (exact) mass is 393 g/mol. The Morgan fingerprint density at radius 2 is 2.00 bits per heavy atom. The number of hydrogen-bond donors (Lipinski definition) is 1. The van der Waals surface area contributed by atoms with Crippen molar-refractivity contribution in [2.24, 2.45) is 5.92 Å². The van der Waals surface area contributed by atoms with E-state index in [9.17, 15) is 4.79 Å². The molecule has 2 heterocycles. The fourth-order valence-electron chi connectivity index (χ4n) is 4.53. The second kappa shape index (κ2) is 9.92. The highest BCUT2D eigenvalue weighted by molar-refractivity contribution is 7.99. The van der Waals surface area contributed by atoms with Crippen LogP contribution in [0.15, 0.2) is 5.16 Å². The van der Waals surface area contributed by atoms with Crippen molar-refractivity contribution in [3.63, 3.8) is 0 Å². The minimum atomic E-state index is 0.189. The number of piperidine rings is 1. The molecule has 27 heavy (non-hydrogen) atoms. The van der Waals surface area contributed by atoms with Gasteiger partial charge in [-0.25, -0.2) is 0 Å². The van der Waals surface area contributed by atoms with Crippen LogP contribution in [-0.4, -0.2) is 57.0 Å². The van der Waals surface area contributed by atoms with E-state index in [-0.39, 0.29) is 5.91 Å². The Balaban J connectivity index is 1.57. The van der Waals surface area contributed by atoms with E-state index in [1.807, 2.05) is 0 Å². The van der Waals surface area contributed by atoms with Gasteiger partial charge < -0.3 is 9.88 Å². The third-order valence-electron chi connectivity index (χ3n) is 6.03. The topological polar surface area (TPSA) is 63.1 Å². The van der Waals surface area contributed by atoms with Crippen molar-refractivity contribution in [2.75, 3.05) is 25.4 Å². The summed E-state index contributed by atoms with van der Waals surface area (Å²) in [6.45, 7) is 9.89. The molecule has 3 unspecified atom stereocenters. The molecule has 1 aliphatic heterocycles. The molecule has 1 N–H and O–H groups in total. The second-order valence-electron chi connectivity index (χ2n) is 8.03. The summed E-state index contributed by atoms with van der Waals surface area (Å²) in [7, 11) is 0. The number of carbonyl (C=O) groups excluding carboxylic acids is 1. The molecule has 1 aliphatic carbocycles. The lowest BCUT2D eigenvalue weighted by Gasteiger charge is -2.33. The highest BCUT2D eigenvalue weighted by atomic mass is 32.2. The van der Waals surface area contributed by atoms with Crippen LogP contribution in [0.5, 0.6) is 0 Å². The normalized spacial score (nSPS) is 26.9. The second-order valence-corrected chi connectivity index (χ2v) is 9.26. The first-order chi connectivity index (χ1) is 13.1. The van der Waals surface area contributed by atoms with Crippen LogP contribution in [0.4, 0.5) is 0 Å². The Morgan fingerprint density at radius 1 is 1.19 bits per heavy atom. The van der Waals surface area contributed by atoms with Gasteiger partial charge in [0.1, 0.15) is 5.82 Å². The quantitative estimate of drug-likeness (QED) is 0.720. The van der Waals surface area contributed by atoms with Gasteiger partial charge in [-0.2, -0.15) is 0 Å². The maximum atomic E-state index is 12.6. The van der Waals surface area contributed by atoms with Gasteiger partial charge in [-0.05, 0) is 50.8 Å². The molecule has 1 aromatic rings. The third kappa shape index (κ3) is 5.25. The first-order valence-electron chi connectivity index (χ1n) is 10.7. The number of likely N-dealkylation sites (tertiary alicyclic amines) is 1. The summed E-state index contributed by atoms with van der Waals surface area (Å²) >= 11 is 1.75. The Bertz CT molecular complexity index is 620. The molecule has 7 heteroatoms. The molecule has 3 rings (SSSR count). The van der Waals surface area contributed by atoms with Gasteiger partial charge in [-0.3, -0.25) is 9.69 Å². The fourth-order valence-corrected chi connectivity index (χ4v) is 5.27. The number of nitrogens with zero attached hydrogens (tertiary/aromatic N) is 4. The van der Waals surface area contributed by atoms with Crippen LogP contribution in [0.1, 0.15) is 71.0 Å². The molecule has 2 aliphatic rings. The summed E-state index contributed by atoms with van der Waals surface area (Å²) < 4.78 is 2.26. The van der Waals surface area contributed by atoms with Crippen LogP contribution in [0.25, 0.3) is 0 Å². The van der Waals surface area contributed by atoms with Crippen LogP contribution in [-0.2, 0) is 11.3 Å². The van der Waals surface area contributed by atoms with Crippen molar-refractivity contribution in [1.29, 1.82) is 0 Å². The van der Waals surface area contributed by atoms with Gasteiger partial charge in [0, 0.05) is 25.0 Å². The van der Waals surface area contributed by atoms with E-state index in [1.54, 1.807) is 11.8 Å². The lowest BCUT2D eigenvalue weighted by atomic mass is 9.86. The van der Waals surface area contributed by atoms with E-state index < -0.39 is 0 Å². The summed E-state index contributed by atoms with van der Waals surface area (Å²) in [4.78, 5) is 14.9. The Kier molecular flexibility index (Phi) is 7.58. The molecule has 1 saturated heterocycles. The minimum Gasteiger partial charge on any atom is -0.352 e. The number of nitrogens with one attached hydrogen (secondary N) is 1. The zero-order chi connectivity index (χ0) is 19.2. The molecule has 0 spiro atoms. The highest BCUT2D eigenvalue weighted by Gasteiger charge is 2.29. The fraction of sp³-hybridized carbons (Fsp3) is 0.850. The summed E-state index contributed by atoms with van der Waals surface area (Å²) in [5.74, 6) is 3.27. The summed E-state index contributed by atoms with van der Waals surface area (Å²) in [5, 5.41) is 13.2. The Hall–Kier alpha value is -1.08. The van der Waals surface area contributed by atoms with E-state index in [1.165, 1.54) is 19.3 Å². The van der Waals surface area contributed by atoms with E-state index >= 15 is 0 Å². The van der Waals surface area contributed by atoms with E-state index in [0.717, 1.165) is 55.6 Å². The van der Waals surface area contributed by atoms with Gasteiger partial charge >= 0.3 is 0 Å². The number of carbonyl (C=O) groups is 1. The lowest BCUT2D eigenvalue weighted by Crippen LogP contribution is -2.47. The van der Waals surface area contributed by atoms with Gasteiger partial charge in [0.2, 0.25) is 5.91 Å². The molecule has 1 saturated carbocycles. The predicted molar refractivity (Wildman–Crippen MR) is 110 cm³/mol. The molecule has 2 fully saturated rings. The zero-order valence-electron chi connectivity index (χ0n) is 17.1. The van der Waals surface area contributed by atoms with Crippen LogP contribution < -0.4 is 5.32 Å². The SMILES string of the molecule is CCSc1nnc(C2CCCN(CC(=O)NC3CCCCC3C)C2)n1CC. The molecule has 152 valence electrons. The van der Waals surface area contributed by atoms with Crippen LogP contribution in [0.2, 0.25) is 0 Å². The van der Waals surface area contributed by atoms with E-state index in [2.05, 4.69) is 45.8 Å². The standard InChI is InChI=1S/C20H35N5OS/c1-4-25-19(22-23-20(25)27-5-2)16-10-8-12-24(13-16)14-18(26)21-17-11-7-6-9-15(17)3/h15-17H,4-14H2,1-3H3,(H,21,26). The van der Waals surface area contributed by atoms with Crippen molar-refractivity contribution < 1.29 is 4.79 Å². The van der Waals surface area contributed by atoms with Crippen molar-refractivity contribution in [3.8, 4) is 0 Å². The third-order valence-corrected chi connectivity index (χ3v) is 6.88. The van der Waals surface area contributed by atoms with Crippen LogP contribution in [0, 0.1) is 5.92 Å². The highest BCUT2D eigenvalue weighted by Crippen LogP contribution is 2.28. The van der Waals surface area contributed by atoms with Crippen molar-refractivity contribution in [3.05, 3.63) is 5.82 Å². The van der Waals surface area contributed by atoms with Gasteiger partial charge in [-0.1, -0.05) is 38.5 Å². The lowest BCUT2D eigenvalue weighted by molar-refractivity contribution is -0.123. The number of thioether (sulfide) groups is 1. The largest absolute Gasteiger partial charge is 0.352 e. The smallest absolute Gasteiger partial charge is 0.234 e. The summed E-state index contributed by atoms with van der Waals surface area (Å²) in [6.07, 6.45) is 7.16. The molecular formula is C20H35N5OS. The van der Waals surface area contributed by atoms with E-state index in [4.69, 9.17) is 0 Å². The van der Waals surface area contributed by atoms with Crippen molar-refractivity contribution >= 4 is 17.7 Å². The Labute approximate surface area is 167 Å². The molecular weight excluding hydrogens is 358 g/mol. The summed E-state index contributed by atoms with van der Waals surface area (Å²) in [6, 6.07) is 0.364. The molecule has 0 aromatic carbocycles. The van der Waals surface area contributed by atoms with Crippen LogP contribution >= 0.6 is 11.8 Å². The number of hydrogen-bond acceptors (Lipinski definition) is 5. The summed E-state index contributed by atoms with van der Waals surface area (Å²) in [5.41, 5.74) is 0. The molecule has 0 bridgehead atoms. The number of rotatable bonds is 7. The minimum absolute atomic E-state index is 0.189.